The zero-order chi connectivity index (χ0) is 17.6. The molecule has 0 aromatic heterocycles. The SMILES string of the molecule is CCC(=O)N(Cc1ccc(Cl)cc1Cl)[C@@H](C)C(=O)N[C@H](C)CC. The zero-order valence-corrected chi connectivity index (χ0v) is 15.5. The molecule has 4 nitrogen and oxygen atoms in total. The van der Waals surface area contributed by atoms with Gasteiger partial charge >= 0.3 is 0 Å². The van der Waals surface area contributed by atoms with Crippen molar-refractivity contribution in [2.24, 2.45) is 0 Å². The molecule has 2 atom stereocenters. The van der Waals surface area contributed by atoms with E-state index in [4.69, 9.17) is 23.2 Å². The van der Waals surface area contributed by atoms with Crippen molar-refractivity contribution >= 4 is 35.0 Å². The molecule has 23 heavy (non-hydrogen) atoms. The van der Waals surface area contributed by atoms with Crippen LogP contribution in [0.1, 0.15) is 46.1 Å². The molecule has 1 aromatic rings. The highest BCUT2D eigenvalue weighted by Crippen LogP contribution is 2.23. The minimum Gasteiger partial charge on any atom is -0.352 e. The molecule has 2 amide bonds. The molecular weight excluding hydrogens is 335 g/mol. The average molecular weight is 359 g/mol. The van der Waals surface area contributed by atoms with Crippen molar-refractivity contribution in [3.63, 3.8) is 0 Å². The minimum absolute atomic E-state index is 0.0719. The molecule has 128 valence electrons. The maximum absolute atomic E-state index is 12.3. The first kappa shape index (κ1) is 19.8. The molecule has 1 rings (SSSR count). The van der Waals surface area contributed by atoms with Crippen molar-refractivity contribution in [2.75, 3.05) is 0 Å². The predicted molar refractivity (Wildman–Crippen MR) is 94.7 cm³/mol. The summed E-state index contributed by atoms with van der Waals surface area (Å²) in [5, 5.41) is 3.94. The molecule has 0 unspecified atom stereocenters. The summed E-state index contributed by atoms with van der Waals surface area (Å²) in [6, 6.07) is 4.64. The van der Waals surface area contributed by atoms with E-state index in [9.17, 15) is 9.59 Å². The van der Waals surface area contributed by atoms with E-state index in [1.807, 2.05) is 13.8 Å². The van der Waals surface area contributed by atoms with E-state index in [0.29, 0.717) is 16.5 Å². The lowest BCUT2D eigenvalue weighted by molar-refractivity contribution is -0.140. The van der Waals surface area contributed by atoms with Crippen LogP contribution in [0.3, 0.4) is 0 Å². The van der Waals surface area contributed by atoms with Crippen LogP contribution in [0.4, 0.5) is 0 Å². The number of halogens is 2. The Bertz CT molecular complexity index is 564. The summed E-state index contributed by atoms with van der Waals surface area (Å²) in [5.74, 6) is -0.256. The molecule has 0 aliphatic carbocycles. The number of hydrogen-bond donors (Lipinski definition) is 1. The number of benzene rings is 1. The summed E-state index contributed by atoms with van der Waals surface area (Å²) in [4.78, 5) is 26.2. The highest BCUT2D eigenvalue weighted by molar-refractivity contribution is 6.35. The maximum Gasteiger partial charge on any atom is 0.242 e. The van der Waals surface area contributed by atoms with Gasteiger partial charge in [0.15, 0.2) is 0 Å². The van der Waals surface area contributed by atoms with Crippen LogP contribution < -0.4 is 5.32 Å². The second-order valence-corrected chi connectivity index (χ2v) is 6.45. The van der Waals surface area contributed by atoms with Gasteiger partial charge in [-0.3, -0.25) is 9.59 Å². The molecule has 0 bridgehead atoms. The summed E-state index contributed by atoms with van der Waals surface area (Å²) in [6.45, 7) is 7.72. The molecular formula is C17H24Cl2N2O2. The largest absolute Gasteiger partial charge is 0.352 e. The van der Waals surface area contributed by atoms with Gasteiger partial charge in [-0.25, -0.2) is 0 Å². The van der Waals surface area contributed by atoms with Crippen LogP contribution in [0, 0.1) is 0 Å². The average Bonchev–Trinajstić information content (AvgIpc) is 2.52. The second kappa shape index (κ2) is 9.14. The van der Waals surface area contributed by atoms with Gasteiger partial charge < -0.3 is 10.2 Å². The van der Waals surface area contributed by atoms with Crippen molar-refractivity contribution in [3.05, 3.63) is 33.8 Å². The Kier molecular flexibility index (Phi) is 7.86. The molecule has 0 aliphatic heterocycles. The summed E-state index contributed by atoms with van der Waals surface area (Å²) in [6.07, 6.45) is 1.16. The normalized spacial score (nSPS) is 13.3. The van der Waals surface area contributed by atoms with Crippen molar-refractivity contribution in [1.82, 2.24) is 10.2 Å². The second-order valence-electron chi connectivity index (χ2n) is 5.60. The Hall–Kier alpha value is -1.26. The Morgan fingerprint density at radius 2 is 1.87 bits per heavy atom. The number of amides is 2. The van der Waals surface area contributed by atoms with Gasteiger partial charge in [0, 0.05) is 29.1 Å². The lowest BCUT2D eigenvalue weighted by Crippen LogP contribution is -2.49. The summed E-state index contributed by atoms with van der Waals surface area (Å²) in [7, 11) is 0. The van der Waals surface area contributed by atoms with Gasteiger partial charge in [0.1, 0.15) is 6.04 Å². The van der Waals surface area contributed by atoms with Crippen molar-refractivity contribution in [3.8, 4) is 0 Å². The molecule has 0 saturated carbocycles. The van der Waals surface area contributed by atoms with Gasteiger partial charge in [-0.15, -0.1) is 0 Å². The lowest BCUT2D eigenvalue weighted by Gasteiger charge is -2.29. The predicted octanol–water partition coefficient (Wildman–Crippen LogP) is 4.04. The minimum atomic E-state index is -0.566. The molecule has 0 saturated heterocycles. The summed E-state index contributed by atoms with van der Waals surface area (Å²) >= 11 is 12.1. The van der Waals surface area contributed by atoms with Crippen LogP contribution in [0.15, 0.2) is 18.2 Å². The first-order chi connectivity index (χ1) is 10.8. The van der Waals surface area contributed by atoms with Gasteiger partial charge in [0.2, 0.25) is 11.8 Å². The Labute approximate surface area is 148 Å². The third-order valence-corrected chi connectivity index (χ3v) is 4.41. The van der Waals surface area contributed by atoms with E-state index in [1.165, 1.54) is 0 Å². The van der Waals surface area contributed by atoms with Gasteiger partial charge in [-0.1, -0.05) is 43.1 Å². The summed E-state index contributed by atoms with van der Waals surface area (Å²) < 4.78 is 0. The van der Waals surface area contributed by atoms with E-state index < -0.39 is 6.04 Å². The maximum atomic E-state index is 12.3. The van der Waals surface area contributed by atoms with Gasteiger partial charge in [-0.05, 0) is 38.0 Å². The molecule has 0 fully saturated rings. The first-order valence-corrected chi connectivity index (χ1v) is 8.59. The highest BCUT2D eigenvalue weighted by atomic mass is 35.5. The quantitative estimate of drug-likeness (QED) is 0.799. The number of nitrogens with one attached hydrogen (secondary N) is 1. The topological polar surface area (TPSA) is 49.4 Å². The first-order valence-electron chi connectivity index (χ1n) is 7.83. The zero-order valence-electron chi connectivity index (χ0n) is 14.0. The van der Waals surface area contributed by atoms with Crippen LogP contribution in [-0.2, 0) is 16.1 Å². The molecule has 6 heteroatoms. The van der Waals surface area contributed by atoms with E-state index in [1.54, 1.807) is 36.9 Å². The van der Waals surface area contributed by atoms with Gasteiger partial charge in [0.25, 0.3) is 0 Å². The van der Waals surface area contributed by atoms with Crippen molar-refractivity contribution < 1.29 is 9.59 Å². The fourth-order valence-electron chi connectivity index (χ4n) is 2.08. The fraction of sp³-hybridized carbons (Fsp3) is 0.529. The highest BCUT2D eigenvalue weighted by Gasteiger charge is 2.26. The lowest BCUT2D eigenvalue weighted by atomic mass is 10.1. The van der Waals surface area contributed by atoms with E-state index >= 15 is 0 Å². The number of carbonyl (C=O) groups is 2. The van der Waals surface area contributed by atoms with Gasteiger partial charge in [-0.2, -0.15) is 0 Å². The standard InChI is InChI=1S/C17H24Cl2N2O2/c1-5-11(3)20-17(23)12(4)21(16(22)6-2)10-13-7-8-14(18)9-15(13)19/h7-9,11-12H,5-6,10H2,1-4H3,(H,20,23)/t11-,12+/m1/s1. The van der Waals surface area contributed by atoms with Crippen LogP contribution in [0.2, 0.25) is 10.0 Å². The molecule has 0 heterocycles. The Balaban J connectivity index is 2.95. The van der Waals surface area contributed by atoms with Crippen molar-refractivity contribution in [1.29, 1.82) is 0 Å². The third-order valence-electron chi connectivity index (χ3n) is 3.83. The Morgan fingerprint density at radius 1 is 1.22 bits per heavy atom. The molecule has 0 radical (unpaired) electrons. The third kappa shape index (κ3) is 5.70. The van der Waals surface area contributed by atoms with E-state index in [0.717, 1.165) is 12.0 Å². The molecule has 0 aliphatic rings. The van der Waals surface area contributed by atoms with Crippen LogP contribution in [0.5, 0.6) is 0 Å². The van der Waals surface area contributed by atoms with Gasteiger partial charge in [0.05, 0.1) is 0 Å². The number of carbonyl (C=O) groups excluding carboxylic acids is 2. The van der Waals surface area contributed by atoms with Crippen LogP contribution in [-0.4, -0.2) is 28.8 Å². The molecule has 0 spiro atoms. The van der Waals surface area contributed by atoms with Crippen LogP contribution in [0.25, 0.3) is 0 Å². The molecule has 1 N–H and O–H groups in total. The van der Waals surface area contributed by atoms with E-state index in [-0.39, 0.29) is 24.4 Å². The fourth-order valence-corrected chi connectivity index (χ4v) is 2.55. The van der Waals surface area contributed by atoms with E-state index in [2.05, 4.69) is 5.32 Å². The number of nitrogens with zero attached hydrogens (tertiary/aromatic N) is 1. The molecule has 1 aromatic carbocycles. The van der Waals surface area contributed by atoms with Crippen LogP contribution >= 0.6 is 23.2 Å². The smallest absolute Gasteiger partial charge is 0.242 e. The monoisotopic (exact) mass is 358 g/mol. The van der Waals surface area contributed by atoms with Crippen molar-refractivity contribution in [2.45, 2.75) is 59.2 Å². The summed E-state index contributed by atoms with van der Waals surface area (Å²) in [5.41, 5.74) is 0.765. The number of hydrogen-bond acceptors (Lipinski definition) is 2. The Morgan fingerprint density at radius 3 is 2.39 bits per heavy atom. The number of rotatable bonds is 7.